The molecular formula is C23H21ClN2O2. The molecule has 2 aromatic rings. The molecule has 0 radical (unpaired) electrons. The Morgan fingerprint density at radius 3 is 2.50 bits per heavy atom. The number of amides is 1. The van der Waals surface area contributed by atoms with Gasteiger partial charge in [-0.3, -0.25) is 9.59 Å². The molecule has 1 atom stereocenters. The van der Waals surface area contributed by atoms with Crippen LogP contribution in [-0.2, 0) is 9.59 Å². The number of hydrogen-bond acceptors (Lipinski definition) is 3. The van der Waals surface area contributed by atoms with Gasteiger partial charge in [0.05, 0.1) is 0 Å². The summed E-state index contributed by atoms with van der Waals surface area (Å²) in [5, 5.41) is 6.92. The van der Waals surface area contributed by atoms with Crippen LogP contribution in [0.3, 0.4) is 0 Å². The second-order valence-corrected chi connectivity index (χ2v) is 7.57. The topological polar surface area (TPSA) is 58.2 Å². The van der Waals surface area contributed by atoms with Crippen LogP contribution in [0.4, 0.5) is 5.69 Å². The van der Waals surface area contributed by atoms with E-state index in [9.17, 15) is 9.59 Å². The molecule has 1 aliphatic carbocycles. The van der Waals surface area contributed by atoms with Crippen molar-refractivity contribution >= 4 is 29.0 Å². The van der Waals surface area contributed by atoms with Gasteiger partial charge in [0.25, 0.3) is 5.91 Å². The van der Waals surface area contributed by atoms with E-state index in [1.807, 2.05) is 49.4 Å². The number of allylic oxidation sites excluding steroid dienone is 3. The van der Waals surface area contributed by atoms with Crippen LogP contribution in [0.2, 0.25) is 5.02 Å². The number of halogens is 1. The van der Waals surface area contributed by atoms with Crippen LogP contribution >= 0.6 is 11.6 Å². The van der Waals surface area contributed by atoms with Crippen molar-refractivity contribution in [2.24, 2.45) is 0 Å². The Bertz CT molecular complexity index is 991. The summed E-state index contributed by atoms with van der Waals surface area (Å²) in [6.07, 6.45) is 2.16. The summed E-state index contributed by atoms with van der Waals surface area (Å²) in [7, 11) is 0. The Morgan fingerprint density at radius 2 is 1.79 bits per heavy atom. The van der Waals surface area contributed by atoms with E-state index in [0.717, 1.165) is 35.5 Å². The zero-order valence-electron chi connectivity index (χ0n) is 15.6. The second-order valence-electron chi connectivity index (χ2n) is 7.14. The SMILES string of the molecule is CC1=C(C(=O)Nc2ccccc2)C(c2ccc(Cl)cc2)C2=C(CCCC2=O)N1. The largest absolute Gasteiger partial charge is 0.362 e. The Morgan fingerprint density at radius 1 is 1.07 bits per heavy atom. The van der Waals surface area contributed by atoms with Crippen molar-refractivity contribution < 1.29 is 9.59 Å². The maximum atomic E-state index is 13.2. The molecule has 0 saturated carbocycles. The van der Waals surface area contributed by atoms with Crippen LogP contribution in [0.1, 0.15) is 37.7 Å². The van der Waals surface area contributed by atoms with Crippen molar-refractivity contribution in [3.63, 3.8) is 0 Å². The fourth-order valence-corrected chi connectivity index (χ4v) is 4.12. The van der Waals surface area contributed by atoms with E-state index < -0.39 is 5.92 Å². The van der Waals surface area contributed by atoms with Crippen molar-refractivity contribution in [1.29, 1.82) is 0 Å². The molecule has 2 N–H and O–H groups in total. The van der Waals surface area contributed by atoms with Crippen LogP contribution < -0.4 is 10.6 Å². The van der Waals surface area contributed by atoms with Crippen LogP contribution in [-0.4, -0.2) is 11.7 Å². The molecule has 28 heavy (non-hydrogen) atoms. The average molecular weight is 393 g/mol. The van der Waals surface area contributed by atoms with Gasteiger partial charge in [0.1, 0.15) is 0 Å². The van der Waals surface area contributed by atoms with Crippen LogP contribution in [0.25, 0.3) is 0 Å². The van der Waals surface area contributed by atoms with Gasteiger partial charge in [0.2, 0.25) is 0 Å². The van der Waals surface area contributed by atoms with Crippen molar-refractivity contribution in [2.75, 3.05) is 5.32 Å². The number of ketones is 1. The highest BCUT2D eigenvalue weighted by Gasteiger charge is 2.38. The molecule has 0 saturated heterocycles. The number of anilines is 1. The summed E-state index contributed by atoms with van der Waals surface area (Å²) in [5.74, 6) is -0.502. The van der Waals surface area contributed by atoms with E-state index in [1.54, 1.807) is 12.1 Å². The lowest BCUT2D eigenvalue weighted by atomic mass is 9.75. The summed E-state index contributed by atoms with van der Waals surface area (Å²) in [6, 6.07) is 16.7. The van der Waals surface area contributed by atoms with Gasteiger partial charge in [-0.15, -0.1) is 0 Å². The highest BCUT2D eigenvalue weighted by atomic mass is 35.5. The molecule has 5 heteroatoms. The molecule has 1 heterocycles. The maximum absolute atomic E-state index is 13.2. The van der Waals surface area contributed by atoms with Crippen molar-refractivity contribution in [2.45, 2.75) is 32.1 Å². The third-order valence-corrected chi connectivity index (χ3v) is 5.51. The van der Waals surface area contributed by atoms with Gasteiger partial charge in [-0.2, -0.15) is 0 Å². The lowest BCUT2D eigenvalue weighted by Gasteiger charge is -2.34. The standard InChI is InChI=1S/C23H21ClN2O2/c1-14-20(23(28)26-17-6-3-2-4-7-17)21(15-10-12-16(24)13-11-15)22-18(25-14)8-5-9-19(22)27/h2-4,6-7,10-13,21,25H,5,8-9H2,1H3,(H,26,28). The number of nitrogens with one attached hydrogen (secondary N) is 2. The molecule has 0 fully saturated rings. The number of rotatable bonds is 3. The Balaban J connectivity index is 1.79. The van der Waals surface area contributed by atoms with Gasteiger partial charge < -0.3 is 10.6 Å². The fraction of sp³-hybridized carbons (Fsp3) is 0.217. The molecule has 0 bridgehead atoms. The highest BCUT2D eigenvalue weighted by Crippen LogP contribution is 2.42. The summed E-state index contributed by atoms with van der Waals surface area (Å²) in [6.45, 7) is 1.89. The van der Waals surface area contributed by atoms with Gasteiger partial charge in [-0.1, -0.05) is 41.9 Å². The first-order valence-corrected chi connectivity index (χ1v) is 9.78. The van der Waals surface area contributed by atoms with Gasteiger partial charge in [0, 0.05) is 45.6 Å². The summed E-state index contributed by atoms with van der Waals surface area (Å²) in [5.41, 5.74) is 4.60. The van der Waals surface area contributed by atoms with Crippen LogP contribution in [0, 0.1) is 0 Å². The van der Waals surface area contributed by atoms with Crippen molar-refractivity contribution in [3.05, 3.63) is 87.7 Å². The quantitative estimate of drug-likeness (QED) is 0.777. The lowest BCUT2D eigenvalue weighted by Crippen LogP contribution is -2.35. The predicted octanol–water partition coefficient (Wildman–Crippen LogP) is 4.95. The first-order chi connectivity index (χ1) is 13.5. The summed E-state index contributed by atoms with van der Waals surface area (Å²) >= 11 is 6.07. The third kappa shape index (κ3) is 3.48. The molecule has 142 valence electrons. The first-order valence-electron chi connectivity index (χ1n) is 9.40. The molecule has 2 aliphatic rings. The van der Waals surface area contributed by atoms with E-state index in [-0.39, 0.29) is 11.7 Å². The Labute approximate surface area is 169 Å². The number of para-hydroxylation sites is 1. The van der Waals surface area contributed by atoms with E-state index in [1.165, 1.54) is 0 Å². The Kier molecular flexibility index (Phi) is 5.05. The molecule has 0 spiro atoms. The van der Waals surface area contributed by atoms with Gasteiger partial charge in [-0.25, -0.2) is 0 Å². The predicted molar refractivity (Wildman–Crippen MR) is 111 cm³/mol. The molecule has 1 aliphatic heterocycles. The summed E-state index contributed by atoms with van der Waals surface area (Å²) < 4.78 is 0. The second kappa shape index (κ2) is 7.64. The zero-order chi connectivity index (χ0) is 19.7. The van der Waals surface area contributed by atoms with Crippen LogP contribution in [0.15, 0.2) is 77.1 Å². The van der Waals surface area contributed by atoms with Gasteiger partial charge in [0.15, 0.2) is 5.78 Å². The molecule has 1 amide bonds. The minimum absolute atomic E-state index is 0.103. The van der Waals surface area contributed by atoms with E-state index in [0.29, 0.717) is 22.6 Å². The highest BCUT2D eigenvalue weighted by molar-refractivity contribution is 6.30. The molecule has 1 unspecified atom stereocenters. The normalized spacial score (nSPS) is 19.2. The lowest BCUT2D eigenvalue weighted by molar-refractivity contribution is -0.116. The first kappa shape index (κ1) is 18.5. The van der Waals surface area contributed by atoms with E-state index in [4.69, 9.17) is 11.6 Å². The number of carbonyl (C=O) groups excluding carboxylic acids is 2. The van der Waals surface area contributed by atoms with Gasteiger partial charge >= 0.3 is 0 Å². The van der Waals surface area contributed by atoms with Crippen molar-refractivity contribution in [1.82, 2.24) is 5.32 Å². The van der Waals surface area contributed by atoms with Gasteiger partial charge in [-0.05, 0) is 49.6 Å². The number of hydrogen-bond donors (Lipinski definition) is 2. The third-order valence-electron chi connectivity index (χ3n) is 5.26. The summed E-state index contributed by atoms with van der Waals surface area (Å²) in [4.78, 5) is 26.1. The molecular weight excluding hydrogens is 372 g/mol. The smallest absolute Gasteiger partial charge is 0.254 e. The minimum Gasteiger partial charge on any atom is -0.362 e. The minimum atomic E-state index is -0.398. The zero-order valence-corrected chi connectivity index (χ0v) is 16.3. The number of benzene rings is 2. The molecule has 0 aromatic heterocycles. The average Bonchev–Trinajstić information content (AvgIpc) is 2.68. The van der Waals surface area contributed by atoms with Crippen LogP contribution in [0.5, 0.6) is 0 Å². The van der Waals surface area contributed by atoms with E-state index >= 15 is 0 Å². The molecule has 4 rings (SSSR count). The number of Topliss-reactive ketones (excluding diaryl/α,β-unsaturated/α-hetero) is 1. The monoisotopic (exact) mass is 392 g/mol. The Hall–Kier alpha value is -2.85. The number of dihydropyridines is 1. The fourth-order valence-electron chi connectivity index (χ4n) is 3.99. The molecule has 4 nitrogen and oxygen atoms in total. The number of carbonyl (C=O) groups is 2. The van der Waals surface area contributed by atoms with Crippen molar-refractivity contribution in [3.8, 4) is 0 Å². The molecule has 2 aromatic carbocycles. The van der Waals surface area contributed by atoms with E-state index in [2.05, 4.69) is 10.6 Å². The maximum Gasteiger partial charge on any atom is 0.254 e.